The number of benzene rings is 2. The summed E-state index contributed by atoms with van der Waals surface area (Å²) in [4.78, 5) is 1.41. The predicted molar refractivity (Wildman–Crippen MR) is 102 cm³/mol. The van der Waals surface area contributed by atoms with E-state index in [4.69, 9.17) is 0 Å². The van der Waals surface area contributed by atoms with E-state index in [2.05, 4.69) is 77.4 Å². The van der Waals surface area contributed by atoms with E-state index in [1.54, 1.807) is 0 Å². The van der Waals surface area contributed by atoms with Gasteiger partial charge < -0.3 is 5.32 Å². The van der Waals surface area contributed by atoms with Crippen molar-refractivity contribution in [1.82, 2.24) is 5.32 Å². The maximum absolute atomic E-state index is 3.86. The van der Waals surface area contributed by atoms with Crippen LogP contribution in [-0.2, 0) is 19.4 Å². The predicted octanol–water partition coefficient (Wildman–Crippen LogP) is 5.38. The molecule has 4 rings (SSSR count). The van der Waals surface area contributed by atoms with Crippen LogP contribution in [0.1, 0.15) is 34.0 Å². The zero-order valence-corrected chi connectivity index (χ0v) is 14.6. The lowest BCUT2D eigenvalue weighted by Crippen LogP contribution is -2.33. The second kappa shape index (κ2) is 7.33. The zero-order valence-electron chi connectivity index (χ0n) is 13.8. The Morgan fingerprint density at radius 2 is 1.75 bits per heavy atom. The average molecular weight is 334 g/mol. The van der Waals surface area contributed by atoms with Crippen molar-refractivity contribution < 1.29 is 0 Å². The molecule has 122 valence electrons. The first kappa shape index (κ1) is 15.6. The van der Waals surface area contributed by atoms with Crippen molar-refractivity contribution in [2.45, 2.75) is 31.8 Å². The standard InChI is InChI=1S/C22H23NS/c1-2-7-17(8-3-1)15-19-13-12-18-9-4-5-11-21(18)22(19)23-16-20-10-6-14-24-20/h1-11,14,19,22-23H,12-13,15-16H2. The van der Waals surface area contributed by atoms with Crippen molar-refractivity contribution in [1.29, 1.82) is 0 Å². The number of thiophene rings is 1. The Hall–Kier alpha value is -1.90. The summed E-state index contributed by atoms with van der Waals surface area (Å²) in [6.07, 6.45) is 3.61. The van der Waals surface area contributed by atoms with Gasteiger partial charge in [-0.25, -0.2) is 0 Å². The van der Waals surface area contributed by atoms with Crippen LogP contribution in [0, 0.1) is 5.92 Å². The van der Waals surface area contributed by atoms with Crippen molar-refractivity contribution in [3.63, 3.8) is 0 Å². The number of rotatable bonds is 5. The highest BCUT2D eigenvalue weighted by atomic mass is 32.1. The van der Waals surface area contributed by atoms with Crippen LogP contribution in [0.2, 0.25) is 0 Å². The quantitative estimate of drug-likeness (QED) is 0.660. The minimum atomic E-state index is 0.442. The molecule has 0 bridgehead atoms. The van der Waals surface area contributed by atoms with Crippen molar-refractivity contribution in [3.05, 3.63) is 93.7 Å². The van der Waals surface area contributed by atoms with E-state index in [1.807, 2.05) is 11.3 Å². The summed E-state index contributed by atoms with van der Waals surface area (Å²) in [7, 11) is 0. The van der Waals surface area contributed by atoms with Gasteiger partial charge in [0.25, 0.3) is 0 Å². The molecule has 1 aliphatic rings. The first-order chi connectivity index (χ1) is 11.9. The van der Waals surface area contributed by atoms with Gasteiger partial charge >= 0.3 is 0 Å². The van der Waals surface area contributed by atoms with Crippen LogP contribution in [0.15, 0.2) is 72.1 Å². The molecular weight excluding hydrogens is 310 g/mol. The highest BCUT2D eigenvalue weighted by Crippen LogP contribution is 2.36. The molecule has 2 unspecified atom stereocenters. The third-order valence-corrected chi connectivity index (χ3v) is 5.94. The van der Waals surface area contributed by atoms with Crippen LogP contribution >= 0.6 is 11.3 Å². The number of fused-ring (bicyclic) bond motifs is 1. The molecule has 1 N–H and O–H groups in total. The van der Waals surface area contributed by atoms with Crippen LogP contribution in [0.4, 0.5) is 0 Å². The molecular formula is C22H23NS. The van der Waals surface area contributed by atoms with E-state index >= 15 is 0 Å². The maximum atomic E-state index is 3.86. The summed E-state index contributed by atoms with van der Waals surface area (Å²) >= 11 is 1.84. The molecule has 1 aromatic heterocycles. The number of nitrogens with one attached hydrogen (secondary N) is 1. The zero-order chi connectivity index (χ0) is 16.2. The molecule has 0 fully saturated rings. The van der Waals surface area contributed by atoms with Crippen LogP contribution in [0.3, 0.4) is 0 Å². The third kappa shape index (κ3) is 3.45. The van der Waals surface area contributed by atoms with Crippen molar-refractivity contribution in [2.75, 3.05) is 0 Å². The van der Waals surface area contributed by atoms with Gasteiger partial charge in [0.15, 0.2) is 0 Å². The van der Waals surface area contributed by atoms with E-state index < -0.39 is 0 Å². The molecule has 1 nitrogen and oxygen atoms in total. The first-order valence-corrected chi connectivity index (χ1v) is 9.65. The minimum Gasteiger partial charge on any atom is -0.305 e. The summed E-state index contributed by atoms with van der Waals surface area (Å²) in [6, 6.07) is 24.7. The molecule has 3 aromatic rings. The Balaban J connectivity index is 1.57. The van der Waals surface area contributed by atoms with E-state index in [9.17, 15) is 0 Å². The van der Waals surface area contributed by atoms with Crippen LogP contribution < -0.4 is 5.32 Å². The second-order valence-corrected chi connectivity index (χ2v) is 7.66. The van der Waals surface area contributed by atoms with Crippen molar-refractivity contribution in [3.8, 4) is 0 Å². The molecule has 0 aliphatic heterocycles. The third-order valence-electron chi connectivity index (χ3n) is 5.06. The fourth-order valence-electron chi connectivity index (χ4n) is 3.86. The summed E-state index contributed by atoms with van der Waals surface area (Å²) in [5, 5.41) is 6.02. The molecule has 0 amide bonds. The normalized spacial score (nSPS) is 19.8. The molecule has 2 heteroatoms. The number of hydrogen-bond acceptors (Lipinski definition) is 2. The minimum absolute atomic E-state index is 0.442. The smallest absolute Gasteiger partial charge is 0.0357 e. The molecule has 24 heavy (non-hydrogen) atoms. The fraction of sp³-hybridized carbons (Fsp3) is 0.273. The lowest BCUT2D eigenvalue weighted by molar-refractivity contribution is 0.317. The molecule has 1 heterocycles. The number of aryl methyl sites for hydroxylation is 1. The second-order valence-electron chi connectivity index (χ2n) is 6.63. The summed E-state index contributed by atoms with van der Waals surface area (Å²) in [5.41, 5.74) is 4.47. The van der Waals surface area contributed by atoms with E-state index in [0.29, 0.717) is 12.0 Å². The Morgan fingerprint density at radius 1 is 0.917 bits per heavy atom. The SMILES string of the molecule is c1ccc(CC2CCc3ccccc3C2NCc2cccs2)cc1. The molecule has 0 spiro atoms. The first-order valence-electron chi connectivity index (χ1n) is 8.77. The Morgan fingerprint density at radius 3 is 2.58 bits per heavy atom. The van der Waals surface area contributed by atoms with Crippen LogP contribution in [-0.4, -0.2) is 0 Å². The van der Waals surface area contributed by atoms with Gasteiger partial charge in [0.1, 0.15) is 0 Å². The number of hydrogen-bond donors (Lipinski definition) is 1. The van der Waals surface area contributed by atoms with Crippen molar-refractivity contribution in [2.24, 2.45) is 5.92 Å². The van der Waals surface area contributed by atoms with Gasteiger partial charge in [-0.1, -0.05) is 60.7 Å². The Kier molecular flexibility index (Phi) is 4.77. The highest BCUT2D eigenvalue weighted by molar-refractivity contribution is 7.09. The van der Waals surface area contributed by atoms with Gasteiger partial charge in [-0.05, 0) is 53.3 Å². The molecule has 2 aromatic carbocycles. The molecule has 2 atom stereocenters. The highest BCUT2D eigenvalue weighted by Gasteiger charge is 2.29. The van der Waals surface area contributed by atoms with E-state index in [-0.39, 0.29) is 0 Å². The maximum Gasteiger partial charge on any atom is 0.0357 e. The Bertz CT molecular complexity index is 764. The van der Waals surface area contributed by atoms with Gasteiger partial charge in [0.05, 0.1) is 0 Å². The van der Waals surface area contributed by atoms with E-state index in [0.717, 1.165) is 13.0 Å². The monoisotopic (exact) mass is 333 g/mol. The fourth-order valence-corrected chi connectivity index (χ4v) is 4.52. The van der Waals surface area contributed by atoms with Crippen LogP contribution in [0.5, 0.6) is 0 Å². The van der Waals surface area contributed by atoms with Crippen LogP contribution in [0.25, 0.3) is 0 Å². The molecule has 0 radical (unpaired) electrons. The molecule has 0 saturated carbocycles. The lowest BCUT2D eigenvalue weighted by Gasteiger charge is -2.34. The Labute approximate surface area is 148 Å². The average Bonchev–Trinajstić information content (AvgIpc) is 3.15. The lowest BCUT2D eigenvalue weighted by atomic mass is 9.77. The van der Waals surface area contributed by atoms with Gasteiger partial charge in [-0.15, -0.1) is 11.3 Å². The van der Waals surface area contributed by atoms with Gasteiger partial charge in [-0.3, -0.25) is 0 Å². The van der Waals surface area contributed by atoms with Gasteiger partial charge in [-0.2, -0.15) is 0 Å². The summed E-state index contributed by atoms with van der Waals surface area (Å²) in [6.45, 7) is 0.960. The van der Waals surface area contributed by atoms with Crippen molar-refractivity contribution >= 4 is 11.3 Å². The summed E-state index contributed by atoms with van der Waals surface area (Å²) < 4.78 is 0. The largest absolute Gasteiger partial charge is 0.305 e. The van der Waals surface area contributed by atoms with Gasteiger partial charge in [0.2, 0.25) is 0 Å². The summed E-state index contributed by atoms with van der Waals surface area (Å²) in [5.74, 6) is 0.655. The molecule has 0 saturated heterocycles. The molecule has 1 aliphatic carbocycles. The van der Waals surface area contributed by atoms with E-state index in [1.165, 1.54) is 34.4 Å². The van der Waals surface area contributed by atoms with Gasteiger partial charge in [0, 0.05) is 17.5 Å². The topological polar surface area (TPSA) is 12.0 Å².